The summed E-state index contributed by atoms with van der Waals surface area (Å²) in [4.78, 5) is 0. The molecule has 102 valence electrons. The van der Waals surface area contributed by atoms with Crippen LogP contribution in [-0.4, -0.2) is 32.8 Å². The molecule has 1 rings (SSSR count). The molecule has 0 bridgehead atoms. The summed E-state index contributed by atoms with van der Waals surface area (Å²) in [5, 5.41) is 3.51. The molecule has 0 aromatic heterocycles. The van der Waals surface area contributed by atoms with Crippen molar-refractivity contribution in [2.45, 2.75) is 19.4 Å². The predicted octanol–water partition coefficient (Wildman–Crippen LogP) is 3.11. The lowest BCUT2D eigenvalue weighted by atomic mass is 10.0. The first-order valence-electron chi connectivity index (χ1n) is 6.21. The van der Waals surface area contributed by atoms with Crippen LogP contribution in [0.5, 0.6) is 11.5 Å². The second-order valence-electron chi connectivity index (χ2n) is 3.97. The summed E-state index contributed by atoms with van der Waals surface area (Å²) in [6, 6.07) is 6.20. The van der Waals surface area contributed by atoms with Crippen molar-refractivity contribution in [2.75, 3.05) is 32.8 Å². The van der Waals surface area contributed by atoms with Crippen LogP contribution >= 0.6 is 11.8 Å². The zero-order valence-electron chi connectivity index (χ0n) is 11.7. The van der Waals surface area contributed by atoms with E-state index in [1.807, 2.05) is 30.0 Å². The molecular formula is C14H23NO2S. The summed E-state index contributed by atoms with van der Waals surface area (Å²) in [5.41, 5.74) is 1.12. The lowest BCUT2D eigenvalue weighted by molar-refractivity contribution is 0.369. The minimum absolute atomic E-state index is 0.272. The van der Waals surface area contributed by atoms with Gasteiger partial charge in [0.25, 0.3) is 0 Å². The van der Waals surface area contributed by atoms with Crippen LogP contribution in [0.15, 0.2) is 18.2 Å². The predicted molar refractivity (Wildman–Crippen MR) is 79.0 cm³/mol. The van der Waals surface area contributed by atoms with Crippen molar-refractivity contribution in [1.29, 1.82) is 0 Å². The van der Waals surface area contributed by atoms with Gasteiger partial charge >= 0.3 is 0 Å². The van der Waals surface area contributed by atoms with E-state index in [4.69, 9.17) is 9.47 Å². The van der Waals surface area contributed by atoms with E-state index in [9.17, 15) is 0 Å². The van der Waals surface area contributed by atoms with Gasteiger partial charge in [-0.2, -0.15) is 11.8 Å². The molecule has 0 fully saturated rings. The van der Waals surface area contributed by atoms with E-state index in [0.29, 0.717) is 0 Å². The molecule has 0 aliphatic rings. The lowest BCUT2D eigenvalue weighted by Gasteiger charge is -2.22. The van der Waals surface area contributed by atoms with Crippen LogP contribution in [0.4, 0.5) is 0 Å². The highest BCUT2D eigenvalue weighted by Crippen LogP contribution is 2.35. The van der Waals surface area contributed by atoms with Gasteiger partial charge in [0.1, 0.15) is 11.5 Å². The van der Waals surface area contributed by atoms with Crippen molar-refractivity contribution in [2.24, 2.45) is 0 Å². The molecule has 3 nitrogen and oxygen atoms in total. The number of methoxy groups -OCH3 is 2. The van der Waals surface area contributed by atoms with E-state index in [1.54, 1.807) is 14.2 Å². The molecule has 4 heteroatoms. The molecule has 0 saturated carbocycles. The number of rotatable bonds is 8. The molecule has 0 heterocycles. The van der Waals surface area contributed by atoms with Gasteiger partial charge in [-0.15, -0.1) is 0 Å². The average molecular weight is 269 g/mol. The summed E-state index contributed by atoms with van der Waals surface area (Å²) in [6.45, 7) is 3.05. The second kappa shape index (κ2) is 8.27. The maximum Gasteiger partial charge on any atom is 0.127 e. The van der Waals surface area contributed by atoms with Crippen molar-refractivity contribution < 1.29 is 9.47 Å². The Morgan fingerprint density at radius 3 is 2.28 bits per heavy atom. The summed E-state index contributed by atoms with van der Waals surface area (Å²) >= 11 is 1.86. The van der Waals surface area contributed by atoms with Crippen molar-refractivity contribution in [3.8, 4) is 11.5 Å². The van der Waals surface area contributed by atoms with Crippen LogP contribution in [0.2, 0.25) is 0 Å². The normalized spacial score (nSPS) is 12.2. The molecular weight excluding hydrogens is 246 g/mol. The van der Waals surface area contributed by atoms with Crippen LogP contribution in [0, 0.1) is 0 Å². The Hall–Kier alpha value is -0.870. The third-order valence-electron chi connectivity index (χ3n) is 2.88. The average Bonchev–Trinajstić information content (AvgIpc) is 2.42. The monoisotopic (exact) mass is 269 g/mol. The Morgan fingerprint density at radius 2 is 1.83 bits per heavy atom. The van der Waals surface area contributed by atoms with Crippen LogP contribution in [-0.2, 0) is 0 Å². The maximum atomic E-state index is 5.47. The van der Waals surface area contributed by atoms with E-state index in [0.717, 1.165) is 35.8 Å². The summed E-state index contributed by atoms with van der Waals surface area (Å²) < 4.78 is 10.9. The van der Waals surface area contributed by atoms with Crippen molar-refractivity contribution in [1.82, 2.24) is 5.32 Å². The Labute approximate surface area is 114 Å². The smallest absolute Gasteiger partial charge is 0.127 e. The van der Waals surface area contributed by atoms with E-state index < -0.39 is 0 Å². The standard InChI is InChI=1S/C14H23NO2S/c1-5-15-11(9-10-18-4)14-12(16-2)7-6-8-13(14)17-3/h6-8,11,15H,5,9-10H2,1-4H3. The van der Waals surface area contributed by atoms with Gasteiger partial charge in [0.15, 0.2) is 0 Å². The number of hydrogen-bond donors (Lipinski definition) is 1. The Bertz CT molecular complexity index is 335. The summed E-state index contributed by atoms with van der Waals surface area (Å²) in [5.74, 6) is 2.89. The molecule has 1 N–H and O–H groups in total. The first kappa shape index (κ1) is 15.2. The highest BCUT2D eigenvalue weighted by Gasteiger charge is 2.19. The Balaban J connectivity index is 3.06. The first-order valence-corrected chi connectivity index (χ1v) is 7.61. The third kappa shape index (κ3) is 3.82. The van der Waals surface area contributed by atoms with Crippen LogP contribution in [0.25, 0.3) is 0 Å². The van der Waals surface area contributed by atoms with Gasteiger partial charge in [-0.3, -0.25) is 0 Å². The fourth-order valence-corrected chi connectivity index (χ4v) is 2.53. The van der Waals surface area contributed by atoms with Gasteiger partial charge in [-0.05, 0) is 37.1 Å². The molecule has 1 atom stereocenters. The SMILES string of the molecule is CCNC(CCSC)c1c(OC)cccc1OC. The molecule has 0 spiro atoms. The van der Waals surface area contributed by atoms with Gasteiger partial charge in [0, 0.05) is 6.04 Å². The van der Waals surface area contributed by atoms with E-state index in [1.165, 1.54) is 0 Å². The zero-order chi connectivity index (χ0) is 13.4. The second-order valence-corrected chi connectivity index (χ2v) is 4.95. The number of thioether (sulfide) groups is 1. The molecule has 0 aliphatic heterocycles. The molecule has 1 unspecified atom stereocenters. The van der Waals surface area contributed by atoms with Crippen LogP contribution in [0.1, 0.15) is 24.9 Å². The third-order valence-corrected chi connectivity index (χ3v) is 3.52. The van der Waals surface area contributed by atoms with Crippen molar-refractivity contribution in [3.63, 3.8) is 0 Å². The minimum atomic E-state index is 0.272. The summed E-state index contributed by atoms with van der Waals surface area (Å²) in [7, 11) is 3.41. The fourth-order valence-electron chi connectivity index (χ4n) is 2.05. The number of ether oxygens (including phenoxy) is 2. The first-order chi connectivity index (χ1) is 8.78. The molecule has 0 amide bonds. The van der Waals surface area contributed by atoms with Gasteiger partial charge in [0.05, 0.1) is 19.8 Å². The van der Waals surface area contributed by atoms with Gasteiger partial charge < -0.3 is 14.8 Å². The van der Waals surface area contributed by atoms with E-state index >= 15 is 0 Å². The van der Waals surface area contributed by atoms with E-state index in [2.05, 4.69) is 18.5 Å². The number of nitrogens with one attached hydrogen (secondary N) is 1. The van der Waals surface area contributed by atoms with Crippen LogP contribution < -0.4 is 14.8 Å². The van der Waals surface area contributed by atoms with Gasteiger partial charge in [-0.25, -0.2) is 0 Å². The topological polar surface area (TPSA) is 30.5 Å². The lowest BCUT2D eigenvalue weighted by Crippen LogP contribution is -2.22. The molecule has 1 aromatic carbocycles. The Morgan fingerprint density at radius 1 is 1.22 bits per heavy atom. The molecule has 0 aliphatic carbocycles. The van der Waals surface area contributed by atoms with Crippen molar-refractivity contribution >= 4 is 11.8 Å². The van der Waals surface area contributed by atoms with Crippen molar-refractivity contribution in [3.05, 3.63) is 23.8 Å². The molecule has 18 heavy (non-hydrogen) atoms. The molecule has 0 saturated heterocycles. The quantitative estimate of drug-likeness (QED) is 0.785. The largest absolute Gasteiger partial charge is 0.496 e. The highest BCUT2D eigenvalue weighted by molar-refractivity contribution is 7.98. The van der Waals surface area contributed by atoms with Gasteiger partial charge in [-0.1, -0.05) is 13.0 Å². The summed E-state index contributed by atoms with van der Waals surface area (Å²) in [6.07, 6.45) is 3.19. The highest BCUT2D eigenvalue weighted by atomic mass is 32.2. The molecule has 0 radical (unpaired) electrons. The minimum Gasteiger partial charge on any atom is -0.496 e. The number of benzene rings is 1. The zero-order valence-corrected chi connectivity index (χ0v) is 12.5. The van der Waals surface area contributed by atoms with Gasteiger partial charge in [0.2, 0.25) is 0 Å². The molecule has 1 aromatic rings. The number of hydrogen-bond acceptors (Lipinski definition) is 4. The van der Waals surface area contributed by atoms with Crippen LogP contribution in [0.3, 0.4) is 0 Å². The van der Waals surface area contributed by atoms with E-state index in [-0.39, 0.29) is 6.04 Å². The Kier molecular flexibility index (Phi) is 6.98. The maximum absolute atomic E-state index is 5.47. The fraction of sp³-hybridized carbons (Fsp3) is 0.571.